The predicted molar refractivity (Wildman–Crippen MR) is 111 cm³/mol. The molecule has 1 heterocycles. The molecule has 1 unspecified atom stereocenters. The number of rotatable bonds is 9. The van der Waals surface area contributed by atoms with Crippen molar-refractivity contribution < 1.29 is 4.74 Å². The first-order chi connectivity index (χ1) is 13.2. The number of benzene rings is 2. The zero-order valence-corrected chi connectivity index (χ0v) is 16.4. The van der Waals surface area contributed by atoms with Crippen LogP contribution in [0, 0.1) is 0 Å². The van der Waals surface area contributed by atoms with Gasteiger partial charge in [-0.15, -0.1) is 11.3 Å². The Labute approximate surface area is 168 Å². The number of ether oxygens (including phenoxy) is 1. The highest BCUT2D eigenvalue weighted by Crippen LogP contribution is 2.25. The van der Waals surface area contributed by atoms with Crippen LogP contribution in [0.5, 0.6) is 0 Å². The van der Waals surface area contributed by atoms with Crippen LogP contribution in [0.25, 0.3) is 10.4 Å². The van der Waals surface area contributed by atoms with Gasteiger partial charge in [0.25, 0.3) is 0 Å². The van der Waals surface area contributed by atoms with Crippen molar-refractivity contribution in [3.05, 3.63) is 103 Å². The van der Waals surface area contributed by atoms with Crippen LogP contribution < -0.4 is 0 Å². The molecule has 0 fully saturated rings. The van der Waals surface area contributed by atoms with Crippen LogP contribution in [0.15, 0.2) is 71.8 Å². The molecule has 27 heavy (non-hydrogen) atoms. The van der Waals surface area contributed by atoms with Gasteiger partial charge in [-0.3, -0.25) is 0 Å². The van der Waals surface area contributed by atoms with E-state index in [4.69, 9.17) is 21.9 Å². The van der Waals surface area contributed by atoms with Crippen LogP contribution in [0.2, 0.25) is 5.02 Å². The summed E-state index contributed by atoms with van der Waals surface area (Å²) >= 11 is 7.83. The standard InChI is InChI=1S/C21H20ClN3OS/c22-18-8-4-7-17(13-18)21(14-24-25-23)26-15-20-12-11-19(27-20)10-9-16-5-2-1-3-6-16/h1-8,11-13,21H,9-10,14-15H2. The Morgan fingerprint density at radius 3 is 2.59 bits per heavy atom. The summed E-state index contributed by atoms with van der Waals surface area (Å²) in [5.41, 5.74) is 10.9. The number of thiophene rings is 1. The summed E-state index contributed by atoms with van der Waals surface area (Å²) in [5, 5.41) is 4.31. The van der Waals surface area contributed by atoms with Crippen molar-refractivity contribution in [1.82, 2.24) is 0 Å². The summed E-state index contributed by atoms with van der Waals surface area (Å²) in [7, 11) is 0. The molecule has 6 heteroatoms. The van der Waals surface area contributed by atoms with Gasteiger partial charge in [0, 0.05) is 19.7 Å². The summed E-state index contributed by atoms with van der Waals surface area (Å²) in [6, 6.07) is 22.2. The van der Waals surface area contributed by atoms with E-state index in [1.165, 1.54) is 10.4 Å². The largest absolute Gasteiger partial charge is 0.368 e. The van der Waals surface area contributed by atoms with Gasteiger partial charge in [-0.25, -0.2) is 0 Å². The summed E-state index contributed by atoms with van der Waals surface area (Å²) in [6.45, 7) is 0.719. The Morgan fingerprint density at radius 2 is 1.81 bits per heavy atom. The molecule has 0 bridgehead atoms. The molecule has 2 aromatic carbocycles. The molecular formula is C21H20ClN3OS. The van der Waals surface area contributed by atoms with Crippen LogP contribution in [0.1, 0.15) is 27.0 Å². The molecule has 4 nitrogen and oxygen atoms in total. The van der Waals surface area contributed by atoms with Crippen LogP contribution in [-0.2, 0) is 24.2 Å². The number of nitrogens with zero attached hydrogens (tertiary/aromatic N) is 3. The Balaban J connectivity index is 1.58. The van der Waals surface area contributed by atoms with E-state index in [2.05, 4.69) is 46.4 Å². The maximum Gasteiger partial charge on any atom is 0.0886 e. The zero-order chi connectivity index (χ0) is 18.9. The van der Waals surface area contributed by atoms with E-state index >= 15 is 0 Å². The number of azide groups is 1. The van der Waals surface area contributed by atoms with E-state index < -0.39 is 0 Å². The topological polar surface area (TPSA) is 58.0 Å². The Kier molecular flexibility index (Phi) is 7.31. The highest BCUT2D eigenvalue weighted by molar-refractivity contribution is 7.11. The highest BCUT2D eigenvalue weighted by Gasteiger charge is 2.13. The van der Waals surface area contributed by atoms with E-state index in [-0.39, 0.29) is 12.6 Å². The van der Waals surface area contributed by atoms with Crippen molar-refractivity contribution in [3.63, 3.8) is 0 Å². The summed E-state index contributed by atoms with van der Waals surface area (Å²) in [4.78, 5) is 5.35. The maximum absolute atomic E-state index is 8.64. The number of hydrogen-bond acceptors (Lipinski definition) is 3. The fraction of sp³-hybridized carbons (Fsp3) is 0.238. The van der Waals surface area contributed by atoms with E-state index in [9.17, 15) is 0 Å². The first-order valence-electron chi connectivity index (χ1n) is 8.74. The molecule has 0 amide bonds. The molecular weight excluding hydrogens is 378 g/mol. The second-order valence-electron chi connectivity index (χ2n) is 6.12. The third kappa shape index (κ3) is 6.12. The molecule has 138 valence electrons. The van der Waals surface area contributed by atoms with E-state index in [0.717, 1.165) is 23.3 Å². The molecule has 0 aliphatic heterocycles. The predicted octanol–water partition coefficient (Wildman–Crippen LogP) is 6.75. The summed E-state index contributed by atoms with van der Waals surface area (Å²) in [6.07, 6.45) is 1.74. The molecule has 1 aromatic heterocycles. The van der Waals surface area contributed by atoms with Gasteiger partial charge in [0.2, 0.25) is 0 Å². The van der Waals surface area contributed by atoms with Crippen molar-refractivity contribution >= 4 is 22.9 Å². The number of hydrogen-bond donors (Lipinski definition) is 0. The van der Waals surface area contributed by atoms with Gasteiger partial charge in [-0.1, -0.05) is 59.2 Å². The first-order valence-corrected chi connectivity index (χ1v) is 9.93. The molecule has 0 saturated heterocycles. The third-order valence-corrected chi connectivity index (χ3v) is 5.53. The lowest BCUT2D eigenvalue weighted by atomic mass is 10.1. The third-order valence-electron chi connectivity index (χ3n) is 4.18. The average molecular weight is 398 g/mol. The minimum absolute atomic E-state index is 0.239. The molecule has 3 aromatic rings. The van der Waals surface area contributed by atoms with Gasteiger partial charge < -0.3 is 4.74 Å². The second kappa shape index (κ2) is 10.1. The van der Waals surface area contributed by atoms with Crippen molar-refractivity contribution in [2.24, 2.45) is 5.11 Å². The number of halogens is 1. The Hall–Kier alpha value is -2.30. The summed E-state index contributed by atoms with van der Waals surface area (Å²) < 4.78 is 6.03. The lowest BCUT2D eigenvalue weighted by Gasteiger charge is -2.16. The molecule has 0 spiro atoms. The molecule has 0 saturated carbocycles. The van der Waals surface area contributed by atoms with Gasteiger partial charge >= 0.3 is 0 Å². The SMILES string of the molecule is [N-]=[N+]=NCC(OCc1ccc(CCc2ccccc2)s1)c1cccc(Cl)c1. The van der Waals surface area contributed by atoms with E-state index in [0.29, 0.717) is 11.6 Å². The minimum Gasteiger partial charge on any atom is -0.368 e. The molecule has 0 N–H and O–H groups in total. The minimum atomic E-state index is -0.311. The van der Waals surface area contributed by atoms with Crippen LogP contribution >= 0.6 is 22.9 Å². The molecule has 3 rings (SSSR count). The highest BCUT2D eigenvalue weighted by atomic mass is 35.5. The van der Waals surface area contributed by atoms with Crippen LogP contribution in [0.4, 0.5) is 0 Å². The van der Waals surface area contributed by atoms with Gasteiger partial charge in [0.15, 0.2) is 0 Å². The Bertz CT molecular complexity index is 907. The Morgan fingerprint density at radius 1 is 1.00 bits per heavy atom. The lowest BCUT2D eigenvalue weighted by molar-refractivity contribution is 0.0473. The molecule has 0 aliphatic carbocycles. The molecule has 1 atom stereocenters. The first kappa shape index (κ1) is 19.5. The fourth-order valence-electron chi connectivity index (χ4n) is 2.80. The van der Waals surface area contributed by atoms with Crippen molar-refractivity contribution in [3.8, 4) is 0 Å². The quantitative estimate of drug-likeness (QED) is 0.223. The zero-order valence-electron chi connectivity index (χ0n) is 14.8. The normalized spacial score (nSPS) is 11.7. The van der Waals surface area contributed by atoms with Crippen molar-refractivity contribution in [1.29, 1.82) is 0 Å². The summed E-state index contributed by atoms with van der Waals surface area (Å²) in [5.74, 6) is 0. The van der Waals surface area contributed by atoms with Crippen molar-refractivity contribution in [2.75, 3.05) is 6.54 Å². The van der Waals surface area contributed by atoms with Gasteiger partial charge in [-0.05, 0) is 53.8 Å². The number of aryl methyl sites for hydroxylation is 2. The maximum atomic E-state index is 8.64. The fourth-order valence-corrected chi connectivity index (χ4v) is 3.94. The van der Waals surface area contributed by atoms with Gasteiger partial charge in [-0.2, -0.15) is 0 Å². The second-order valence-corrected chi connectivity index (χ2v) is 7.81. The van der Waals surface area contributed by atoms with Crippen LogP contribution in [0.3, 0.4) is 0 Å². The smallest absolute Gasteiger partial charge is 0.0886 e. The average Bonchev–Trinajstić information content (AvgIpc) is 3.15. The van der Waals surface area contributed by atoms with E-state index in [1.54, 1.807) is 11.3 Å². The monoisotopic (exact) mass is 397 g/mol. The van der Waals surface area contributed by atoms with Gasteiger partial charge in [0.1, 0.15) is 0 Å². The van der Waals surface area contributed by atoms with Crippen molar-refractivity contribution in [2.45, 2.75) is 25.6 Å². The molecule has 0 radical (unpaired) electrons. The van der Waals surface area contributed by atoms with E-state index in [1.807, 2.05) is 30.3 Å². The molecule has 0 aliphatic rings. The van der Waals surface area contributed by atoms with Crippen LogP contribution in [-0.4, -0.2) is 6.54 Å². The van der Waals surface area contributed by atoms with Gasteiger partial charge in [0.05, 0.1) is 19.3 Å². The lowest BCUT2D eigenvalue weighted by Crippen LogP contribution is -2.07.